The van der Waals surface area contributed by atoms with Gasteiger partial charge in [-0.3, -0.25) is 4.79 Å². The molecular formula is C23H32N3O+. The first-order valence-electron chi connectivity index (χ1n) is 10.2. The Balaban J connectivity index is 1.48. The summed E-state index contributed by atoms with van der Waals surface area (Å²) in [5.41, 5.74) is 2.58. The minimum atomic E-state index is -0.00352. The van der Waals surface area contributed by atoms with Crippen LogP contribution in [0.15, 0.2) is 60.7 Å². The van der Waals surface area contributed by atoms with Crippen LogP contribution in [0.3, 0.4) is 0 Å². The zero-order valence-electron chi connectivity index (χ0n) is 16.5. The predicted molar refractivity (Wildman–Crippen MR) is 111 cm³/mol. The molecule has 0 aromatic heterocycles. The van der Waals surface area contributed by atoms with Gasteiger partial charge in [0.05, 0.1) is 26.2 Å². The lowest BCUT2D eigenvalue weighted by molar-refractivity contribution is -0.914. The Morgan fingerprint density at radius 2 is 1.63 bits per heavy atom. The number of carbonyl (C=O) groups excluding carboxylic acids is 1. The van der Waals surface area contributed by atoms with E-state index in [1.807, 2.05) is 6.07 Å². The van der Waals surface area contributed by atoms with Gasteiger partial charge in [0, 0.05) is 18.2 Å². The molecule has 0 saturated carbocycles. The maximum absolute atomic E-state index is 12.7. The summed E-state index contributed by atoms with van der Waals surface area (Å²) in [5, 5.41) is 3.20. The first-order valence-corrected chi connectivity index (χ1v) is 10.2. The van der Waals surface area contributed by atoms with E-state index in [1.54, 1.807) is 0 Å². The molecule has 1 saturated heterocycles. The number of piperazine rings is 1. The van der Waals surface area contributed by atoms with E-state index in [0.29, 0.717) is 12.5 Å². The summed E-state index contributed by atoms with van der Waals surface area (Å²) in [6, 6.07) is 21.0. The minimum Gasteiger partial charge on any atom is -0.360 e. The van der Waals surface area contributed by atoms with Crippen LogP contribution in [0.25, 0.3) is 0 Å². The molecule has 0 radical (unpaired) electrons. The molecule has 2 N–H and O–H groups in total. The molecule has 2 atom stereocenters. The Morgan fingerprint density at radius 3 is 2.22 bits per heavy atom. The Bertz CT molecular complexity index is 696. The molecule has 2 aromatic rings. The van der Waals surface area contributed by atoms with Crippen molar-refractivity contribution >= 4 is 11.6 Å². The van der Waals surface area contributed by atoms with Crippen LogP contribution in [0, 0.1) is 0 Å². The van der Waals surface area contributed by atoms with Gasteiger partial charge in [0.25, 0.3) is 5.91 Å². The van der Waals surface area contributed by atoms with Crippen LogP contribution in [0.1, 0.15) is 31.7 Å². The van der Waals surface area contributed by atoms with Crippen molar-refractivity contribution in [1.82, 2.24) is 5.32 Å². The van der Waals surface area contributed by atoms with Crippen molar-refractivity contribution in [2.45, 2.75) is 32.2 Å². The van der Waals surface area contributed by atoms with Gasteiger partial charge in [0.1, 0.15) is 0 Å². The third-order valence-electron chi connectivity index (χ3n) is 5.82. The Morgan fingerprint density at radius 1 is 1.04 bits per heavy atom. The predicted octanol–water partition coefficient (Wildman–Crippen LogP) is 2.09. The largest absolute Gasteiger partial charge is 0.360 e. The van der Waals surface area contributed by atoms with Gasteiger partial charge in [0.15, 0.2) is 6.04 Å². The molecule has 0 aliphatic carbocycles. The number of amides is 1. The van der Waals surface area contributed by atoms with Crippen molar-refractivity contribution in [3.8, 4) is 0 Å². The van der Waals surface area contributed by atoms with E-state index < -0.39 is 0 Å². The summed E-state index contributed by atoms with van der Waals surface area (Å²) in [6.45, 7) is 8.95. The molecule has 1 heterocycles. The molecule has 27 heavy (non-hydrogen) atoms. The second-order valence-electron chi connectivity index (χ2n) is 7.46. The van der Waals surface area contributed by atoms with Gasteiger partial charge in [-0.1, -0.05) is 55.5 Å². The molecule has 3 rings (SSSR count). The summed E-state index contributed by atoms with van der Waals surface area (Å²) in [7, 11) is 0. The number of nitrogens with zero attached hydrogens (tertiary/aromatic N) is 1. The van der Waals surface area contributed by atoms with Crippen molar-refractivity contribution in [2.75, 3.05) is 37.6 Å². The van der Waals surface area contributed by atoms with Crippen LogP contribution in [-0.4, -0.2) is 44.7 Å². The smallest absolute Gasteiger partial charge is 0.278 e. The molecule has 0 unspecified atom stereocenters. The highest BCUT2D eigenvalue weighted by Crippen LogP contribution is 2.18. The average Bonchev–Trinajstić information content (AvgIpc) is 2.75. The van der Waals surface area contributed by atoms with E-state index in [2.05, 4.69) is 78.7 Å². The Kier molecular flexibility index (Phi) is 6.88. The van der Waals surface area contributed by atoms with E-state index in [9.17, 15) is 4.79 Å². The van der Waals surface area contributed by atoms with Gasteiger partial charge < -0.3 is 15.1 Å². The Hall–Kier alpha value is -2.33. The SMILES string of the molecule is CC[C@H](CNC(=O)[C@H](C)[NH+]1CCN(c2ccccc2)CC1)c1ccccc1. The second kappa shape index (κ2) is 9.56. The molecule has 1 fully saturated rings. The van der Waals surface area contributed by atoms with E-state index in [-0.39, 0.29) is 11.9 Å². The quantitative estimate of drug-likeness (QED) is 0.787. The third-order valence-corrected chi connectivity index (χ3v) is 5.82. The second-order valence-corrected chi connectivity index (χ2v) is 7.46. The first kappa shape index (κ1) is 19.4. The summed E-state index contributed by atoms with van der Waals surface area (Å²) < 4.78 is 0. The van der Waals surface area contributed by atoms with Crippen LogP contribution in [-0.2, 0) is 4.79 Å². The molecular weight excluding hydrogens is 334 g/mol. The topological polar surface area (TPSA) is 36.8 Å². The molecule has 4 nitrogen and oxygen atoms in total. The fourth-order valence-corrected chi connectivity index (χ4v) is 3.91. The fourth-order valence-electron chi connectivity index (χ4n) is 3.91. The van der Waals surface area contributed by atoms with Gasteiger partial charge in [-0.2, -0.15) is 0 Å². The number of quaternary nitrogens is 1. The highest BCUT2D eigenvalue weighted by atomic mass is 16.2. The van der Waals surface area contributed by atoms with Crippen molar-refractivity contribution in [3.05, 3.63) is 66.2 Å². The Labute approximate surface area is 163 Å². The fraction of sp³-hybridized carbons (Fsp3) is 0.435. The molecule has 1 aliphatic rings. The van der Waals surface area contributed by atoms with Crippen LogP contribution in [0.2, 0.25) is 0 Å². The van der Waals surface area contributed by atoms with Crippen LogP contribution in [0.5, 0.6) is 0 Å². The highest BCUT2D eigenvalue weighted by Gasteiger charge is 2.29. The third kappa shape index (κ3) is 5.10. The molecule has 144 valence electrons. The lowest BCUT2D eigenvalue weighted by atomic mass is 9.96. The van der Waals surface area contributed by atoms with Crippen LogP contribution >= 0.6 is 0 Å². The van der Waals surface area contributed by atoms with E-state index >= 15 is 0 Å². The lowest BCUT2D eigenvalue weighted by Gasteiger charge is -2.36. The van der Waals surface area contributed by atoms with E-state index in [1.165, 1.54) is 16.2 Å². The summed E-state index contributed by atoms with van der Waals surface area (Å²) in [6.07, 6.45) is 1.03. The maximum atomic E-state index is 12.7. The van der Waals surface area contributed by atoms with Crippen molar-refractivity contribution in [1.29, 1.82) is 0 Å². The normalized spacial score (nSPS) is 17.3. The first-order chi connectivity index (χ1) is 13.2. The lowest BCUT2D eigenvalue weighted by Crippen LogP contribution is -3.19. The molecule has 4 heteroatoms. The van der Waals surface area contributed by atoms with Gasteiger partial charge in [0.2, 0.25) is 0 Å². The van der Waals surface area contributed by atoms with Crippen molar-refractivity contribution in [3.63, 3.8) is 0 Å². The number of carbonyl (C=O) groups is 1. The number of anilines is 1. The number of nitrogens with one attached hydrogen (secondary N) is 2. The summed E-state index contributed by atoms with van der Waals surface area (Å²) in [5.74, 6) is 0.555. The zero-order valence-corrected chi connectivity index (χ0v) is 16.5. The average molecular weight is 367 g/mol. The van der Waals surface area contributed by atoms with Crippen molar-refractivity contribution in [2.24, 2.45) is 0 Å². The summed E-state index contributed by atoms with van der Waals surface area (Å²) in [4.78, 5) is 16.5. The molecule has 2 aromatic carbocycles. The number of benzene rings is 2. The molecule has 1 aliphatic heterocycles. The molecule has 0 spiro atoms. The number of hydrogen-bond acceptors (Lipinski definition) is 2. The standard InChI is InChI=1S/C23H31N3O/c1-3-20(21-10-6-4-7-11-21)18-24-23(27)19(2)25-14-16-26(17-15-25)22-12-8-5-9-13-22/h4-13,19-20H,3,14-18H2,1-2H3,(H,24,27)/p+1/t19-,20+/m0/s1. The highest BCUT2D eigenvalue weighted by molar-refractivity contribution is 5.80. The van der Waals surface area contributed by atoms with E-state index in [0.717, 1.165) is 32.6 Å². The van der Waals surface area contributed by atoms with E-state index in [4.69, 9.17) is 0 Å². The molecule has 1 amide bonds. The molecule has 0 bridgehead atoms. The van der Waals surface area contributed by atoms with Gasteiger partial charge in [-0.25, -0.2) is 0 Å². The minimum absolute atomic E-state index is 0.00352. The van der Waals surface area contributed by atoms with Gasteiger partial charge in [-0.15, -0.1) is 0 Å². The maximum Gasteiger partial charge on any atom is 0.278 e. The monoisotopic (exact) mass is 366 g/mol. The number of para-hydroxylation sites is 1. The van der Waals surface area contributed by atoms with Gasteiger partial charge in [-0.05, 0) is 31.0 Å². The number of rotatable bonds is 7. The zero-order chi connectivity index (χ0) is 19.1. The summed E-state index contributed by atoms with van der Waals surface area (Å²) >= 11 is 0. The van der Waals surface area contributed by atoms with Crippen LogP contribution in [0.4, 0.5) is 5.69 Å². The van der Waals surface area contributed by atoms with Gasteiger partial charge >= 0.3 is 0 Å². The van der Waals surface area contributed by atoms with Crippen LogP contribution < -0.4 is 15.1 Å². The van der Waals surface area contributed by atoms with Crippen molar-refractivity contribution < 1.29 is 9.69 Å². The number of hydrogen-bond donors (Lipinski definition) is 2.